The molecule has 0 atom stereocenters. The average molecular weight is 470 g/mol. The number of ether oxygens (including phenoxy) is 1. The van der Waals surface area contributed by atoms with E-state index in [9.17, 15) is 9.90 Å². The van der Waals surface area contributed by atoms with Gasteiger partial charge >= 0.3 is 5.97 Å². The Kier molecular flexibility index (Phi) is 6.22. The van der Waals surface area contributed by atoms with Crippen LogP contribution >= 0.6 is 39.1 Å². The molecular formula is C19H15BrCl2N2O3. The molecule has 140 valence electrons. The highest BCUT2D eigenvalue weighted by atomic mass is 79.9. The summed E-state index contributed by atoms with van der Waals surface area (Å²) < 4.78 is 7.44. The van der Waals surface area contributed by atoms with Gasteiger partial charge in [0.2, 0.25) is 0 Å². The third kappa shape index (κ3) is 4.04. The van der Waals surface area contributed by atoms with Crippen molar-refractivity contribution in [3.63, 3.8) is 0 Å². The molecule has 0 aliphatic carbocycles. The molecule has 8 heteroatoms. The quantitative estimate of drug-likeness (QED) is 0.516. The maximum atomic E-state index is 12.4. The smallest absolute Gasteiger partial charge is 0.359 e. The van der Waals surface area contributed by atoms with Gasteiger partial charge in [0.05, 0.1) is 29.6 Å². The summed E-state index contributed by atoms with van der Waals surface area (Å²) in [6.45, 7) is 1.52. The fourth-order valence-corrected chi connectivity index (χ4v) is 3.57. The molecule has 0 aliphatic rings. The van der Waals surface area contributed by atoms with E-state index < -0.39 is 5.97 Å². The standard InChI is InChI=1S/C19H15BrCl2N2O3/c1-2-27-19(26)17-14(10-25)18(11-3-6-13(21)7-4-11)24(23-17)16-8-5-12(20)9-15(16)22/h3-9,25H,2,10H2,1H3. The topological polar surface area (TPSA) is 64.3 Å². The lowest BCUT2D eigenvalue weighted by Crippen LogP contribution is -2.08. The fourth-order valence-electron chi connectivity index (χ4n) is 2.70. The Labute approximate surface area is 174 Å². The number of rotatable bonds is 5. The number of hydrogen-bond acceptors (Lipinski definition) is 4. The zero-order valence-corrected chi connectivity index (χ0v) is 17.3. The van der Waals surface area contributed by atoms with Gasteiger partial charge in [-0.1, -0.05) is 51.3 Å². The largest absolute Gasteiger partial charge is 0.461 e. The van der Waals surface area contributed by atoms with Crippen molar-refractivity contribution >= 4 is 45.1 Å². The van der Waals surface area contributed by atoms with Crippen molar-refractivity contribution in [3.8, 4) is 16.9 Å². The van der Waals surface area contributed by atoms with Gasteiger partial charge in [0, 0.05) is 20.6 Å². The minimum Gasteiger partial charge on any atom is -0.461 e. The molecule has 1 heterocycles. The molecule has 1 aromatic heterocycles. The first-order chi connectivity index (χ1) is 13.0. The number of hydrogen-bond donors (Lipinski definition) is 1. The van der Waals surface area contributed by atoms with Crippen molar-refractivity contribution in [2.45, 2.75) is 13.5 Å². The van der Waals surface area contributed by atoms with Crippen molar-refractivity contribution in [2.75, 3.05) is 6.61 Å². The highest BCUT2D eigenvalue weighted by Crippen LogP contribution is 2.34. The van der Waals surface area contributed by atoms with Crippen molar-refractivity contribution in [3.05, 3.63) is 68.2 Å². The van der Waals surface area contributed by atoms with Crippen LogP contribution in [0.3, 0.4) is 0 Å². The number of aromatic nitrogens is 2. The number of halogens is 3. The Morgan fingerprint density at radius 1 is 1.22 bits per heavy atom. The van der Waals surface area contributed by atoms with E-state index in [4.69, 9.17) is 27.9 Å². The van der Waals surface area contributed by atoms with Gasteiger partial charge in [-0.15, -0.1) is 0 Å². The van der Waals surface area contributed by atoms with Gasteiger partial charge in [-0.3, -0.25) is 0 Å². The number of aliphatic hydroxyl groups is 1. The van der Waals surface area contributed by atoms with E-state index in [1.807, 2.05) is 6.07 Å². The number of nitrogens with zero attached hydrogens (tertiary/aromatic N) is 2. The molecule has 1 N–H and O–H groups in total. The maximum absolute atomic E-state index is 12.4. The molecule has 0 spiro atoms. The molecule has 3 aromatic rings. The fraction of sp³-hybridized carbons (Fsp3) is 0.158. The summed E-state index contributed by atoms with van der Waals surface area (Å²) in [4.78, 5) is 12.4. The second kappa shape index (κ2) is 8.44. The molecule has 0 unspecified atom stereocenters. The van der Waals surface area contributed by atoms with Crippen LogP contribution in [-0.4, -0.2) is 27.5 Å². The number of aliphatic hydroxyl groups excluding tert-OH is 1. The maximum Gasteiger partial charge on any atom is 0.359 e. The summed E-state index contributed by atoms with van der Waals surface area (Å²) in [5.41, 5.74) is 2.24. The third-order valence-electron chi connectivity index (χ3n) is 3.87. The Hall–Kier alpha value is -1.86. The van der Waals surface area contributed by atoms with Crippen molar-refractivity contribution in [1.29, 1.82) is 0 Å². The van der Waals surface area contributed by atoms with Gasteiger partial charge in [-0.2, -0.15) is 5.10 Å². The number of esters is 1. The molecule has 0 amide bonds. The first-order valence-corrected chi connectivity index (χ1v) is 9.62. The first-order valence-electron chi connectivity index (χ1n) is 8.07. The van der Waals surface area contributed by atoms with E-state index in [-0.39, 0.29) is 18.9 Å². The Balaban J connectivity index is 2.30. The molecule has 5 nitrogen and oxygen atoms in total. The zero-order valence-electron chi connectivity index (χ0n) is 14.2. The van der Waals surface area contributed by atoms with Crippen molar-refractivity contribution < 1.29 is 14.6 Å². The second-order valence-corrected chi connectivity index (χ2v) is 7.33. The van der Waals surface area contributed by atoms with Crippen LogP contribution in [0.25, 0.3) is 16.9 Å². The van der Waals surface area contributed by atoms with Crippen LogP contribution in [0.15, 0.2) is 46.9 Å². The SMILES string of the molecule is CCOC(=O)c1nn(-c2ccc(Br)cc2Cl)c(-c2ccc(Cl)cc2)c1CO. The monoisotopic (exact) mass is 468 g/mol. The minimum absolute atomic E-state index is 0.0447. The van der Waals surface area contributed by atoms with Gasteiger partial charge in [0.1, 0.15) is 0 Å². The summed E-state index contributed by atoms with van der Waals surface area (Å²) in [7, 11) is 0. The number of benzene rings is 2. The molecule has 0 saturated heterocycles. The highest BCUT2D eigenvalue weighted by Gasteiger charge is 2.26. The van der Waals surface area contributed by atoms with Gasteiger partial charge in [-0.05, 0) is 37.3 Å². The van der Waals surface area contributed by atoms with E-state index >= 15 is 0 Å². The van der Waals surface area contributed by atoms with Gasteiger partial charge < -0.3 is 9.84 Å². The molecule has 0 radical (unpaired) electrons. The Bertz CT molecular complexity index is 987. The summed E-state index contributed by atoms with van der Waals surface area (Å²) in [6, 6.07) is 12.3. The Morgan fingerprint density at radius 2 is 1.93 bits per heavy atom. The predicted molar refractivity (Wildman–Crippen MR) is 109 cm³/mol. The van der Waals surface area contributed by atoms with Crippen LogP contribution in [0.4, 0.5) is 0 Å². The molecule has 0 fully saturated rings. The molecule has 3 rings (SSSR count). The van der Waals surface area contributed by atoms with Gasteiger partial charge in [0.25, 0.3) is 0 Å². The van der Waals surface area contributed by atoms with E-state index in [0.29, 0.717) is 27.0 Å². The highest BCUT2D eigenvalue weighted by molar-refractivity contribution is 9.10. The van der Waals surface area contributed by atoms with E-state index in [1.165, 1.54) is 4.68 Å². The van der Waals surface area contributed by atoms with Crippen LogP contribution in [0.1, 0.15) is 23.0 Å². The first kappa shape index (κ1) is 19.9. The van der Waals surface area contributed by atoms with E-state index in [1.54, 1.807) is 43.3 Å². The van der Waals surface area contributed by atoms with Crippen LogP contribution in [0, 0.1) is 0 Å². The minimum atomic E-state index is -0.608. The Morgan fingerprint density at radius 3 is 2.52 bits per heavy atom. The number of carbonyl (C=O) groups is 1. The van der Waals surface area contributed by atoms with Crippen LogP contribution in [-0.2, 0) is 11.3 Å². The van der Waals surface area contributed by atoms with Crippen molar-refractivity contribution in [2.24, 2.45) is 0 Å². The lowest BCUT2D eigenvalue weighted by molar-refractivity contribution is 0.0515. The number of carbonyl (C=O) groups excluding carboxylic acids is 1. The van der Waals surface area contributed by atoms with Crippen LogP contribution in [0.2, 0.25) is 10.0 Å². The summed E-state index contributed by atoms with van der Waals surface area (Å²) >= 11 is 15.8. The van der Waals surface area contributed by atoms with Crippen LogP contribution in [0.5, 0.6) is 0 Å². The third-order valence-corrected chi connectivity index (χ3v) is 4.91. The molecular weight excluding hydrogens is 455 g/mol. The lowest BCUT2D eigenvalue weighted by atomic mass is 10.1. The summed E-state index contributed by atoms with van der Waals surface area (Å²) in [5.74, 6) is -0.608. The molecule has 2 aromatic carbocycles. The predicted octanol–water partition coefficient (Wildman–Crippen LogP) is 5.28. The summed E-state index contributed by atoms with van der Waals surface area (Å²) in [5, 5.41) is 15.4. The van der Waals surface area contributed by atoms with Crippen molar-refractivity contribution in [1.82, 2.24) is 9.78 Å². The van der Waals surface area contributed by atoms with E-state index in [0.717, 1.165) is 10.0 Å². The lowest BCUT2D eigenvalue weighted by Gasteiger charge is -2.11. The van der Waals surface area contributed by atoms with Gasteiger partial charge in [0.15, 0.2) is 5.69 Å². The van der Waals surface area contributed by atoms with Gasteiger partial charge in [-0.25, -0.2) is 9.48 Å². The second-order valence-electron chi connectivity index (χ2n) is 5.57. The molecule has 0 bridgehead atoms. The molecule has 0 aliphatic heterocycles. The average Bonchev–Trinajstić information content (AvgIpc) is 3.02. The molecule has 27 heavy (non-hydrogen) atoms. The van der Waals surface area contributed by atoms with E-state index in [2.05, 4.69) is 21.0 Å². The summed E-state index contributed by atoms with van der Waals surface area (Å²) in [6.07, 6.45) is 0. The molecule has 0 saturated carbocycles. The normalized spacial score (nSPS) is 10.9. The van der Waals surface area contributed by atoms with Crippen LogP contribution < -0.4 is 0 Å². The zero-order chi connectivity index (χ0) is 19.6.